The molecule has 0 amide bonds. The topological polar surface area (TPSA) is 130 Å². The second-order valence-corrected chi connectivity index (χ2v) is 20.4. The molecule has 0 radical (unpaired) electrons. The van der Waals surface area contributed by atoms with Crippen LogP contribution >= 0.6 is 23.4 Å². The predicted molar refractivity (Wildman–Crippen MR) is 267 cm³/mol. The van der Waals surface area contributed by atoms with Crippen LogP contribution in [0, 0.1) is 19.7 Å². The number of nitrogens with one attached hydrogen (secondary N) is 2. The van der Waals surface area contributed by atoms with Crippen molar-refractivity contribution >= 4 is 62.1 Å². The second-order valence-electron chi connectivity index (χ2n) is 17.2. The molecule has 0 saturated carbocycles. The van der Waals surface area contributed by atoms with E-state index >= 15 is 4.39 Å². The Bertz CT molecular complexity index is 2780. The van der Waals surface area contributed by atoms with E-state index in [1.807, 2.05) is 80.1 Å². The van der Waals surface area contributed by atoms with Crippen LogP contribution in [0.4, 0.5) is 27.1 Å². The minimum atomic E-state index is -4.12. The number of carbonyl (C=O) groups is 1. The van der Waals surface area contributed by atoms with Gasteiger partial charge in [0.05, 0.1) is 27.9 Å². The number of rotatable bonds is 16. The first-order valence-corrected chi connectivity index (χ1v) is 25.2. The zero-order valence-electron chi connectivity index (χ0n) is 37.4. The van der Waals surface area contributed by atoms with Gasteiger partial charge >= 0.3 is 5.97 Å². The Morgan fingerprint density at radius 2 is 1.48 bits per heavy atom. The van der Waals surface area contributed by atoms with Gasteiger partial charge in [0, 0.05) is 103 Å². The van der Waals surface area contributed by atoms with Gasteiger partial charge in [0.25, 0.3) is 10.0 Å². The monoisotopic (exact) mass is 950 g/mol. The van der Waals surface area contributed by atoms with Crippen LogP contribution in [0.3, 0.4) is 0 Å². The van der Waals surface area contributed by atoms with Gasteiger partial charge < -0.3 is 34.8 Å². The Morgan fingerprint density at radius 1 is 0.818 bits per heavy atom. The van der Waals surface area contributed by atoms with Crippen molar-refractivity contribution < 1.29 is 27.8 Å². The molecule has 2 aliphatic heterocycles. The lowest BCUT2D eigenvalue weighted by Gasteiger charge is -2.37. The lowest BCUT2D eigenvalue weighted by molar-refractivity contribution is 0.0696. The lowest BCUT2D eigenvalue weighted by Crippen LogP contribution is -2.46. The predicted octanol–water partition coefficient (Wildman–Crippen LogP) is 10.0. The Hall–Kier alpha value is -5.51. The summed E-state index contributed by atoms with van der Waals surface area (Å²) in [6.45, 7) is 8.76. The number of carboxylic acid groups (broad SMARTS) is 1. The van der Waals surface area contributed by atoms with E-state index in [2.05, 4.69) is 36.9 Å². The van der Waals surface area contributed by atoms with Gasteiger partial charge in [-0.05, 0) is 123 Å². The molecule has 15 heteroatoms. The molecule has 66 heavy (non-hydrogen) atoms. The number of anilines is 4. The van der Waals surface area contributed by atoms with E-state index in [-0.39, 0.29) is 28.3 Å². The molecule has 8 rings (SSSR count). The normalized spacial score (nSPS) is 15.5. The quantitative estimate of drug-likeness (QED) is 0.0696. The standard InChI is InChI=1S/C51H56ClFN6O5S2/c1-34-30-44(17-19-46(34)54-39(33-65-43-10-5-4-6-11-43)20-23-57-24-21-42(60)22-25-57)66(63,64)55-47-18-16-41(32-45(47)53)59-28-26-58(27-29-59)40-9-7-8-37(31-40)49-48(51(61)62)35(2)56(3)50(49)36-12-14-38(52)15-13-36/h4-19,30-32,39,42,54-55,60H,20-29,33H2,1-3H3,(H,61,62)/t39-/m1/s1. The van der Waals surface area contributed by atoms with Crippen LogP contribution in [0.15, 0.2) is 125 Å². The van der Waals surface area contributed by atoms with E-state index < -0.39 is 21.8 Å². The Labute approximate surface area is 396 Å². The number of sulfonamides is 1. The molecule has 11 nitrogen and oxygen atoms in total. The first-order chi connectivity index (χ1) is 31.7. The number of aliphatic hydroxyl groups excluding tert-OH is 1. The molecular weight excluding hydrogens is 895 g/mol. The molecule has 0 bridgehead atoms. The molecule has 1 atom stereocenters. The number of aromatic nitrogens is 1. The number of piperidine rings is 1. The number of aromatic carboxylic acids is 1. The van der Waals surface area contributed by atoms with Crippen LogP contribution in [0.5, 0.6) is 0 Å². The SMILES string of the molecule is Cc1cc(S(=O)(=O)Nc2ccc(N3CCN(c4cccc(-c5c(C(=O)O)c(C)n(C)c5-c5ccc(Cl)cc5)c4)CC3)cc2F)ccc1N[C@H](CCN1CCC(O)CC1)CSc1ccccc1. The number of likely N-dealkylation sites (tertiary alicyclic amines) is 1. The maximum Gasteiger partial charge on any atom is 0.338 e. The van der Waals surface area contributed by atoms with Gasteiger partial charge in [-0.15, -0.1) is 11.8 Å². The summed E-state index contributed by atoms with van der Waals surface area (Å²) in [5.41, 5.74) is 7.02. The third-order valence-electron chi connectivity index (χ3n) is 12.8. The molecule has 0 spiro atoms. The highest BCUT2D eigenvalue weighted by molar-refractivity contribution is 7.99. The lowest BCUT2D eigenvalue weighted by atomic mass is 9.96. The largest absolute Gasteiger partial charge is 0.478 e. The third kappa shape index (κ3) is 10.8. The number of hydrogen-bond donors (Lipinski definition) is 4. The Balaban J connectivity index is 0.910. The maximum absolute atomic E-state index is 15.8. The number of benzene rings is 5. The van der Waals surface area contributed by atoms with Crippen molar-refractivity contribution in [2.75, 3.05) is 71.4 Å². The molecule has 2 saturated heterocycles. The van der Waals surface area contributed by atoms with Crippen molar-refractivity contribution in [3.8, 4) is 22.4 Å². The van der Waals surface area contributed by atoms with E-state index in [9.17, 15) is 23.4 Å². The zero-order chi connectivity index (χ0) is 46.5. The average Bonchev–Trinajstić information content (AvgIpc) is 3.59. The fraction of sp³-hybridized carbons (Fsp3) is 0.314. The Kier molecular flexibility index (Phi) is 14.6. The van der Waals surface area contributed by atoms with E-state index in [1.165, 1.54) is 17.0 Å². The molecular formula is C51H56ClFN6O5S2. The molecule has 1 aromatic heterocycles. The number of aryl methyl sites for hydroxylation is 1. The second kappa shape index (κ2) is 20.6. The summed E-state index contributed by atoms with van der Waals surface area (Å²) in [6.07, 6.45) is 2.23. The summed E-state index contributed by atoms with van der Waals surface area (Å²) in [4.78, 5) is 20.6. The molecule has 3 heterocycles. The van der Waals surface area contributed by atoms with Gasteiger partial charge in [0.15, 0.2) is 0 Å². The van der Waals surface area contributed by atoms with Crippen molar-refractivity contribution in [2.45, 2.75) is 55.0 Å². The molecule has 5 aromatic carbocycles. The van der Waals surface area contributed by atoms with E-state index in [0.29, 0.717) is 48.1 Å². The van der Waals surface area contributed by atoms with Gasteiger partial charge in [-0.25, -0.2) is 17.6 Å². The minimum absolute atomic E-state index is 0.0408. The van der Waals surface area contributed by atoms with E-state index in [4.69, 9.17) is 11.6 Å². The van der Waals surface area contributed by atoms with Crippen LogP contribution < -0.4 is 19.8 Å². The molecule has 0 unspecified atom stereocenters. The molecule has 2 aliphatic rings. The van der Waals surface area contributed by atoms with Crippen LogP contribution in [-0.4, -0.2) is 97.8 Å². The summed E-state index contributed by atoms with van der Waals surface area (Å²) in [7, 11) is -2.24. The van der Waals surface area contributed by atoms with Gasteiger partial charge in [-0.2, -0.15) is 0 Å². The van der Waals surface area contributed by atoms with Crippen molar-refractivity contribution in [1.29, 1.82) is 0 Å². The van der Waals surface area contributed by atoms with Crippen LogP contribution in [-0.2, 0) is 17.1 Å². The first kappa shape index (κ1) is 47.0. The van der Waals surface area contributed by atoms with E-state index in [1.54, 1.807) is 48.2 Å². The van der Waals surface area contributed by atoms with Gasteiger partial charge in [-0.3, -0.25) is 4.72 Å². The zero-order valence-corrected chi connectivity index (χ0v) is 39.8. The van der Waals surface area contributed by atoms with Crippen LogP contribution in [0.2, 0.25) is 5.02 Å². The summed E-state index contributed by atoms with van der Waals surface area (Å²) in [6, 6.07) is 35.2. The summed E-state index contributed by atoms with van der Waals surface area (Å²) >= 11 is 7.97. The Morgan fingerprint density at radius 3 is 2.14 bits per heavy atom. The van der Waals surface area contributed by atoms with Gasteiger partial charge in [0.1, 0.15) is 5.82 Å². The van der Waals surface area contributed by atoms with Crippen LogP contribution in [0.25, 0.3) is 22.4 Å². The van der Waals surface area contributed by atoms with Crippen molar-refractivity contribution in [2.24, 2.45) is 7.05 Å². The molecule has 346 valence electrons. The highest BCUT2D eigenvalue weighted by Crippen LogP contribution is 2.40. The average molecular weight is 952 g/mol. The molecule has 0 aliphatic carbocycles. The van der Waals surface area contributed by atoms with E-state index in [0.717, 1.165) is 78.4 Å². The minimum Gasteiger partial charge on any atom is -0.478 e. The highest BCUT2D eigenvalue weighted by atomic mass is 35.5. The molecule has 2 fully saturated rings. The first-order valence-electron chi connectivity index (χ1n) is 22.3. The number of thioether (sulfide) groups is 1. The number of carboxylic acids is 1. The molecule has 4 N–H and O–H groups in total. The fourth-order valence-electron chi connectivity index (χ4n) is 8.94. The van der Waals surface area contributed by atoms with Crippen LogP contribution in [0.1, 0.15) is 40.9 Å². The number of piperazine rings is 1. The van der Waals surface area contributed by atoms with Crippen molar-refractivity contribution in [3.05, 3.63) is 143 Å². The highest BCUT2D eigenvalue weighted by Gasteiger charge is 2.27. The number of aliphatic hydroxyl groups is 1. The number of nitrogens with zero attached hydrogens (tertiary/aromatic N) is 4. The fourth-order valence-corrected chi connectivity index (χ4v) is 11.2. The summed E-state index contributed by atoms with van der Waals surface area (Å²) < 4.78 is 47.5. The smallest absolute Gasteiger partial charge is 0.338 e. The third-order valence-corrected chi connectivity index (χ3v) is 15.6. The number of halogens is 2. The van der Waals surface area contributed by atoms with Gasteiger partial charge in [-0.1, -0.05) is 54.1 Å². The molecule has 6 aromatic rings. The number of hydrogen-bond acceptors (Lipinski definition) is 9. The van der Waals surface area contributed by atoms with Gasteiger partial charge in [0.2, 0.25) is 0 Å². The summed E-state index contributed by atoms with van der Waals surface area (Å²) in [5.74, 6) is -0.854. The maximum atomic E-state index is 15.8. The van der Waals surface area contributed by atoms with Crippen molar-refractivity contribution in [1.82, 2.24) is 9.47 Å². The summed E-state index contributed by atoms with van der Waals surface area (Å²) in [5, 5.41) is 24.6. The van der Waals surface area contributed by atoms with Crippen molar-refractivity contribution in [3.63, 3.8) is 0 Å².